The molecule has 0 aliphatic carbocycles. The molecule has 5 heteroatoms. The van der Waals surface area contributed by atoms with Gasteiger partial charge in [-0.2, -0.15) is 0 Å². The molecule has 1 aliphatic rings. The van der Waals surface area contributed by atoms with Gasteiger partial charge in [0.1, 0.15) is 5.75 Å². The van der Waals surface area contributed by atoms with Crippen molar-refractivity contribution < 1.29 is 9.90 Å². The number of allylic oxidation sites excluding steroid dienone is 1. The summed E-state index contributed by atoms with van der Waals surface area (Å²) in [6.45, 7) is 1.83. The van der Waals surface area contributed by atoms with Crippen LogP contribution in [0.1, 0.15) is 28.9 Å². The van der Waals surface area contributed by atoms with Gasteiger partial charge in [-0.15, -0.1) is 0 Å². The first-order valence-corrected chi connectivity index (χ1v) is 9.05. The van der Waals surface area contributed by atoms with Crippen LogP contribution in [0.15, 0.2) is 78.0 Å². The van der Waals surface area contributed by atoms with Crippen LogP contribution in [0.5, 0.6) is 5.75 Å². The second-order valence-corrected chi connectivity index (χ2v) is 6.89. The summed E-state index contributed by atoms with van der Waals surface area (Å²) >= 11 is 5.33. The molecule has 4 rings (SSSR count). The maximum absolute atomic E-state index is 13.3. The Kier molecular flexibility index (Phi) is 4.38. The summed E-state index contributed by atoms with van der Waals surface area (Å²) in [4.78, 5) is 13.3. The number of phenols is 1. The highest BCUT2D eigenvalue weighted by molar-refractivity contribution is 7.80. The van der Waals surface area contributed by atoms with Crippen LogP contribution < -0.4 is 10.6 Å². The first-order chi connectivity index (χ1) is 13.1. The standard InChI is InChI=1S/C22H18N2O2S/c1-13-18(21(26)15-8-3-2-4-9-15)20(24-22(27)23-13)19-16-10-6-5-7-14(16)11-12-17(19)25/h2-12,20,25H,1H3,(H2,23,24,27). The average molecular weight is 374 g/mol. The molecule has 0 amide bonds. The molecule has 0 bridgehead atoms. The van der Waals surface area contributed by atoms with Crippen molar-refractivity contribution in [3.8, 4) is 5.75 Å². The van der Waals surface area contributed by atoms with E-state index in [1.807, 2.05) is 55.5 Å². The molecule has 1 aliphatic heterocycles. The van der Waals surface area contributed by atoms with Crippen LogP contribution in [0.3, 0.4) is 0 Å². The van der Waals surface area contributed by atoms with Gasteiger partial charge in [0.15, 0.2) is 10.9 Å². The highest BCUT2D eigenvalue weighted by Gasteiger charge is 2.32. The van der Waals surface area contributed by atoms with E-state index in [2.05, 4.69) is 10.6 Å². The first kappa shape index (κ1) is 17.2. The lowest BCUT2D eigenvalue weighted by Gasteiger charge is -2.31. The van der Waals surface area contributed by atoms with E-state index in [4.69, 9.17) is 12.2 Å². The van der Waals surface area contributed by atoms with Gasteiger partial charge in [-0.1, -0.05) is 60.7 Å². The number of aromatic hydroxyl groups is 1. The van der Waals surface area contributed by atoms with Crippen molar-refractivity contribution in [3.05, 3.63) is 89.1 Å². The van der Waals surface area contributed by atoms with E-state index in [-0.39, 0.29) is 11.5 Å². The number of phenolic OH excluding ortho intramolecular Hbond substituents is 1. The van der Waals surface area contributed by atoms with E-state index in [0.29, 0.717) is 27.5 Å². The van der Waals surface area contributed by atoms with Crippen LogP contribution in [-0.4, -0.2) is 16.0 Å². The summed E-state index contributed by atoms with van der Waals surface area (Å²) in [5.41, 5.74) is 2.47. The van der Waals surface area contributed by atoms with Crippen molar-refractivity contribution in [2.75, 3.05) is 0 Å². The maximum atomic E-state index is 13.3. The molecule has 3 aromatic carbocycles. The molecule has 0 spiro atoms. The van der Waals surface area contributed by atoms with E-state index >= 15 is 0 Å². The monoisotopic (exact) mass is 374 g/mol. The highest BCUT2D eigenvalue weighted by Crippen LogP contribution is 2.38. The Morgan fingerprint density at radius 1 is 1.00 bits per heavy atom. The SMILES string of the molecule is CC1=C(C(=O)c2ccccc2)C(c2c(O)ccc3ccccc23)NC(=S)N1. The summed E-state index contributed by atoms with van der Waals surface area (Å²) in [7, 11) is 0. The van der Waals surface area contributed by atoms with E-state index in [9.17, 15) is 9.90 Å². The number of hydrogen-bond donors (Lipinski definition) is 3. The van der Waals surface area contributed by atoms with Gasteiger partial charge in [0.25, 0.3) is 0 Å². The van der Waals surface area contributed by atoms with Gasteiger partial charge in [0.2, 0.25) is 0 Å². The Morgan fingerprint density at radius 2 is 1.70 bits per heavy atom. The molecule has 0 saturated carbocycles. The van der Waals surface area contributed by atoms with Gasteiger partial charge in [-0.25, -0.2) is 0 Å². The minimum Gasteiger partial charge on any atom is -0.508 e. The number of ketones is 1. The molecule has 27 heavy (non-hydrogen) atoms. The number of nitrogens with one attached hydrogen (secondary N) is 2. The van der Waals surface area contributed by atoms with Crippen LogP contribution >= 0.6 is 12.2 Å². The number of benzene rings is 3. The Morgan fingerprint density at radius 3 is 2.48 bits per heavy atom. The van der Waals surface area contributed by atoms with E-state index < -0.39 is 6.04 Å². The highest BCUT2D eigenvalue weighted by atomic mass is 32.1. The van der Waals surface area contributed by atoms with E-state index in [1.165, 1.54) is 0 Å². The zero-order chi connectivity index (χ0) is 19.0. The zero-order valence-corrected chi connectivity index (χ0v) is 15.5. The zero-order valence-electron chi connectivity index (χ0n) is 14.7. The normalized spacial score (nSPS) is 16.8. The molecular weight excluding hydrogens is 356 g/mol. The predicted octanol–water partition coefficient (Wildman–Crippen LogP) is 4.22. The van der Waals surface area contributed by atoms with Crippen LogP contribution in [0.25, 0.3) is 10.8 Å². The van der Waals surface area contributed by atoms with Gasteiger partial charge in [-0.05, 0) is 36.0 Å². The van der Waals surface area contributed by atoms with Gasteiger partial charge in [-0.3, -0.25) is 4.79 Å². The van der Waals surface area contributed by atoms with Crippen molar-refractivity contribution in [3.63, 3.8) is 0 Å². The number of hydrogen-bond acceptors (Lipinski definition) is 3. The molecule has 0 saturated heterocycles. The van der Waals surface area contributed by atoms with Gasteiger partial charge in [0, 0.05) is 22.4 Å². The van der Waals surface area contributed by atoms with Crippen LogP contribution in [-0.2, 0) is 0 Å². The molecule has 134 valence electrons. The largest absolute Gasteiger partial charge is 0.508 e. The van der Waals surface area contributed by atoms with Gasteiger partial charge >= 0.3 is 0 Å². The molecule has 3 aromatic rings. The third kappa shape index (κ3) is 3.06. The number of thiocarbonyl (C=S) groups is 1. The lowest BCUT2D eigenvalue weighted by atomic mass is 9.87. The lowest BCUT2D eigenvalue weighted by Crippen LogP contribution is -2.45. The molecule has 4 nitrogen and oxygen atoms in total. The number of carbonyl (C=O) groups excluding carboxylic acids is 1. The average Bonchev–Trinajstić information content (AvgIpc) is 2.67. The molecule has 1 unspecified atom stereocenters. The Balaban J connectivity index is 1.93. The molecule has 3 N–H and O–H groups in total. The van der Waals surface area contributed by atoms with Crippen molar-refractivity contribution in [1.29, 1.82) is 0 Å². The van der Waals surface area contributed by atoms with Crippen molar-refractivity contribution in [2.45, 2.75) is 13.0 Å². The lowest BCUT2D eigenvalue weighted by molar-refractivity contribution is 0.102. The van der Waals surface area contributed by atoms with Crippen LogP contribution in [0.2, 0.25) is 0 Å². The molecule has 0 aromatic heterocycles. The third-order valence-corrected chi connectivity index (χ3v) is 5.01. The molecular formula is C22H18N2O2S. The summed E-state index contributed by atoms with van der Waals surface area (Å²) < 4.78 is 0. The van der Waals surface area contributed by atoms with Gasteiger partial charge in [0.05, 0.1) is 6.04 Å². The van der Waals surface area contributed by atoms with Gasteiger partial charge < -0.3 is 15.7 Å². The fraction of sp³-hybridized carbons (Fsp3) is 0.0909. The number of fused-ring (bicyclic) bond motifs is 1. The number of carbonyl (C=O) groups is 1. The predicted molar refractivity (Wildman–Crippen MR) is 111 cm³/mol. The fourth-order valence-electron chi connectivity index (χ4n) is 3.54. The first-order valence-electron chi connectivity index (χ1n) is 8.65. The molecule has 0 fully saturated rings. The van der Waals surface area contributed by atoms with E-state index in [0.717, 1.165) is 10.8 Å². The quantitative estimate of drug-likeness (QED) is 0.473. The minimum atomic E-state index is -0.544. The van der Waals surface area contributed by atoms with Crippen molar-refractivity contribution >= 4 is 33.9 Å². The minimum absolute atomic E-state index is 0.104. The third-order valence-electron chi connectivity index (χ3n) is 4.79. The Hall–Kier alpha value is -3.18. The summed E-state index contributed by atoms with van der Waals surface area (Å²) in [6, 6.07) is 19.9. The van der Waals surface area contributed by atoms with Crippen molar-refractivity contribution in [2.24, 2.45) is 0 Å². The second-order valence-electron chi connectivity index (χ2n) is 6.48. The summed E-state index contributed by atoms with van der Waals surface area (Å²) in [5.74, 6) is 0.0231. The van der Waals surface area contributed by atoms with Crippen LogP contribution in [0.4, 0.5) is 0 Å². The topological polar surface area (TPSA) is 61.4 Å². The smallest absolute Gasteiger partial charge is 0.193 e. The second kappa shape index (κ2) is 6.85. The number of rotatable bonds is 3. The summed E-state index contributed by atoms with van der Waals surface area (Å²) in [5, 5.41) is 19.2. The summed E-state index contributed by atoms with van der Waals surface area (Å²) in [6.07, 6.45) is 0. The van der Waals surface area contributed by atoms with Crippen molar-refractivity contribution in [1.82, 2.24) is 10.6 Å². The molecule has 1 heterocycles. The van der Waals surface area contributed by atoms with E-state index in [1.54, 1.807) is 18.2 Å². The molecule has 0 radical (unpaired) electrons. The number of Topliss-reactive ketones (excluding diaryl/α,β-unsaturated/α-hetero) is 1. The molecule has 1 atom stereocenters. The fourth-order valence-corrected chi connectivity index (χ4v) is 3.81. The Labute approximate surface area is 162 Å². The van der Waals surface area contributed by atoms with Crippen LogP contribution in [0, 0.1) is 0 Å². The Bertz CT molecular complexity index is 1090. The maximum Gasteiger partial charge on any atom is 0.193 e.